The van der Waals surface area contributed by atoms with E-state index in [2.05, 4.69) is 10.6 Å². The second kappa shape index (κ2) is 13.2. The van der Waals surface area contributed by atoms with Gasteiger partial charge in [0.2, 0.25) is 5.91 Å². The lowest BCUT2D eigenvalue weighted by atomic mass is 10.0. The third kappa shape index (κ3) is 8.46. The number of halogens is 1. The summed E-state index contributed by atoms with van der Waals surface area (Å²) < 4.78 is 10.2. The van der Waals surface area contributed by atoms with E-state index in [1.54, 1.807) is 24.3 Å². The molecule has 0 aliphatic heterocycles. The summed E-state index contributed by atoms with van der Waals surface area (Å²) in [5, 5.41) is 5.90. The quantitative estimate of drug-likeness (QED) is 0.414. The van der Waals surface area contributed by atoms with Crippen molar-refractivity contribution in [1.82, 2.24) is 10.6 Å². The van der Waals surface area contributed by atoms with Crippen molar-refractivity contribution in [3.05, 3.63) is 107 Å². The number of nitrogens with one attached hydrogen (secondary N) is 2. The zero-order valence-electron chi connectivity index (χ0n) is 19.3. The number of methoxy groups -OCH3 is 1. The highest BCUT2D eigenvalue weighted by Gasteiger charge is 2.28. The normalized spacial score (nSPS) is 12.2. The first kappa shape index (κ1) is 25.8. The molecule has 7 nitrogen and oxygen atoms in total. The van der Waals surface area contributed by atoms with Crippen molar-refractivity contribution in [3.63, 3.8) is 0 Å². The van der Waals surface area contributed by atoms with Gasteiger partial charge in [0.15, 0.2) is 0 Å². The van der Waals surface area contributed by atoms with Crippen LogP contribution in [-0.4, -0.2) is 37.2 Å². The maximum atomic E-state index is 13.2. The fourth-order valence-electron chi connectivity index (χ4n) is 3.43. The zero-order chi connectivity index (χ0) is 25.0. The van der Waals surface area contributed by atoms with E-state index in [9.17, 15) is 14.4 Å². The van der Waals surface area contributed by atoms with Crippen molar-refractivity contribution in [1.29, 1.82) is 0 Å². The van der Waals surface area contributed by atoms with Crippen molar-refractivity contribution in [2.45, 2.75) is 31.5 Å². The summed E-state index contributed by atoms with van der Waals surface area (Å²) in [4.78, 5) is 38.1. The predicted molar refractivity (Wildman–Crippen MR) is 133 cm³/mol. The van der Waals surface area contributed by atoms with Gasteiger partial charge in [-0.25, -0.2) is 9.59 Å². The molecule has 0 unspecified atom stereocenters. The molecule has 2 amide bonds. The maximum Gasteiger partial charge on any atom is 0.408 e. The standard InChI is InChI=1S/C27H27ClN2O5/c1-34-26(32)24(17-20-12-14-22(28)15-13-20)29-25(31)23(16-19-8-4-2-5-9-19)30-27(33)35-18-21-10-6-3-7-11-21/h2-15,23-24H,16-18H2,1H3,(H,29,31)(H,30,33)/t23-,24-/m0/s1. The summed E-state index contributed by atoms with van der Waals surface area (Å²) >= 11 is 5.94. The van der Waals surface area contributed by atoms with Gasteiger partial charge in [-0.1, -0.05) is 84.4 Å². The molecule has 0 saturated carbocycles. The molecule has 0 spiro atoms. The fraction of sp³-hybridized carbons (Fsp3) is 0.222. The molecule has 35 heavy (non-hydrogen) atoms. The van der Waals surface area contributed by atoms with Crippen molar-refractivity contribution >= 4 is 29.6 Å². The average Bonchev–Trinajstić information content (AvgIpc) is 2.88. The van der Waals surface area contributed by atoms with Crippen LogP contribution < -0.4 is 10.6 Å². The van der Waals surface area contributed by atoms with Crippen molar-refractivity contribution in [2.75, 3.05) is 7.11 Å². The van der Waals surface area contributed by atoms with Crippen LogP contribution in [-0.2, 0) is 38.5 Å². The molecular weight excluding hydrogens is 468 g/mol. The third-order valence-corrected chi connectivity index (χ3v) is 5.51. The number of ether oxygens (including phenoxy) is 2. The van der Waals surface area contributed by atoms with Crippen LogP contribution in [0.4, 0.5) is 4.79 Å². The van der Waals surface area contributed by atoms with E-state index < -0.39 is 30.1 Å². The van der Waals surface area contributed by atoms with Gasteiger partial charge in [0.25, 0.3) is 0 Å². The monoisotopic (exact) mass is 494 g/mol. The van der Waals surface area contributed by atoms with Gasteiger partial charge in [0, 0.05) is 17.9 Å². The summed E-state index contributed by atoms with van der Waals surface area (Å²) in [5.74, 6) is -1.13. The minimum Gasteiger partial charge on any atom is -0.467 e. The number of rotatable bonds is 10. The Hall–Kier alpha value is -3.84. The lowest BCUT2D eigenvalue weighted by molar-refractivity contribution is -0.145. The molecule has 182 valence electrons. The van der Waals surface area contributed by atoms with E-state index >= 15 is 0 Å². The SMILES string of the molecule is COC(=O)[C@H](Cc1ccc(Cl)cc1)NC(=O)[C@H](Cc1ccccc1)NC(=O)OCc1ccccc1. The third-order valence-electron chi connectivity index (χ3n) is 5.26. The lowest BCUT2D eigenvalue weighted by Crippen LogP contribution is -2.53. The van der Waals surface area contributed by atoms with Gasteiger partial charge >= 0.3 is 12.1 Å². The maximum absolute atomic E-state index is 13.2. The van der Waals surface area contributed by atoms with Crippen LogP contribution in [0.3, 0.4) is 0 Å². The van der Waals surface area contributed by atoms with E-state index in [1.165, 1.54) is 7.11 Å². The first-order valence-corrected chi connectivity index (χ1v) is 11.5. The number of alkyl carbamates (subject to hydrolysis) is 1. The molecule has 0 aliphatic rings. The van der Waals surface area contributed by atoms with Crippen LogP contribution in [0.1, 0.15) is 16.7 Å². The summed E-state index contributed by atoms with van der Waals surface area (Å²) in [7, 11) is 1.25. The summed E-state index contributed by atoms with van der Waals surface area (Å²) in [6.07, 6.45) is -0.328. The Labute approximate surface area is 209 Å². The molecule has 0 fully saturated rings. The van der Waals surface area contributed by atoms with Gasteiger partial charge in [-0.05, 0) is 28.8 Å². The number of esters is 1. The molecule has 2 N–H and O–H groups in total. The Morgan fingerprint density at radius 3 is 1.89 bits per heavy atom. The molecule has 0 heterocycles. The smallest absolute Gasteiger partial charge is 0.408 e. The van der Waals surface area contributed by atoms with E-state index in [-0.39, 0.29) is 19.4 Å². The number of hydrogen-bond donors (Lipinski definition) is 2. The Morgan fingerprint density at radius 2 is 1.29 bits per heavy atom. The number of hydrogen-bond acceptors (Lipinski definition) is 5. The van der Waals surface area contributed by atoms with Crippen LogP contribution in [0.5, 0.6) is 0 Å². The highest BCUT2D eigenvalue weighted by atomic mass is 35.5. The average molecular weight is 495 g/mol. The Bertz CT molecular complexity index is 1110. The van der Waals surface area contributed by atoms with Gasteiger partial charge in [-0.2, -0.15) is 0 Å². The van der Waals surface area contributed by atoms with Crippen LogP contribution >= 0.6 is 11.6 Å². The van der Waals surface area contributed by atoms with Gasteiger partial charge in [0.05, 0.1) is 7.11 Å². The number of carbonyl (C=O) groups excluding carboxylic acids is 3. The van der Waals surface area contributed by atoms with E-state index in [0.29, 0.717) is 5.02 Å². The minimum absolute atomic E-state index is 0.0632. The number of carbonyl (C=O) groups is 3. The predicted octanol–water partition coefficient (Wildman–Crippen LogP) is 4.08. The molecular formula is C27H27ClN2O5. The van der Waals surface area contributed by atoms with Crippen LogP contribution in [0, 0.1) is 0 Å². The largest absolute Gasteiger partial charge is 0.467 e. The molecule has 3 aromatic rings. The molecule has 0 radical (unpaired) electrons. The summed E-state index contributed by atoms with van der Waals surface area (Å²) in [6.45, 7) is 0.0632. The van der Waals surface area contributed by atoms with Crippen molar-refractivity contribution in [2.24, 2.45) is 0 Å². The Kier molecular flexibility index (Phi) is 9.69. The first-order valence-electron chi connectivity index (χ1n) is 11.1. The number of benzene rings is 3. The van der Waals surface area contributed by atoms with E-state index in [0.717, 1.165) is 16.7 Å². The molecule has 0 aromatic heterocycles. The molecule has 0 bridgehead atoms. The topological polar surface area (TPSA) is 93.7 Å². The number of amides is 2. The van der Waals surface area contributed by atoms with E-state index in [1.807, 2.05) is 60.7 Å². The Morgan fingerprint density at radius 1 is 0.743 bits per heavy atom. The zero-order valence-corrected chi connectivity index (χ0v) is 20.0. The molecule has 8 heteroatoms. The summed E-state index contributed by atoms with van der Waals surface area (Å²) in [6, 6.07) is 23.5. The molecule has 0 saturated heterocycles. The van der Waals surface area contributed by atoms with Crippen molar-refractivity contribution in [3.8, 4) is 0 Å². The van der Waals surface area contributed by atoms with Gasteiger partial charge in [0.1, 0.15) is 18.7 Å². The molecule has 0 aliphatic carbocycles. The van der Waals surface area contributed by atoms with Crippen LogP contribution in [0.25, 0.3) is 0 Å². The molecule has 3 rings (SSSR count). The second-order valence-corrected chi connectivity index (χ2v) is 8.30. The molecule has 3 aromatic carbocycles. The fourth-order valence-corrected chi connectivity index (χ4v) is 3.56. The summed E-state index contributed by atoms with van der Waals surface area (Å²) in [5.41, 5.74) is 2.45. The highest BCUT2D eigenvalue weighted by Crippen LogP contribution is 2.12. The highest BCUT2D eigenvalue weighted by molar-refractivity contribution is 6.30. The van der Waals surface area contributed by atoms with E-state index in [4.69, 9.17) is 21.1 Å². The lowest BCUT2D eigenvalue weighted by Gasteiger charge is -2.22. The minimum atomic E-state index is -0.974. The second-order valence-electron chi connectivity index (χ2n) is 7.86. The Balaban J connectivity index is 1.71. The van der Waals surface area contributed by atoms with Crippen molar-refractivity contribution < 1.29 is 23.9 Å². The van der Waals surface area contributed by atoms with Gasteiger partial charge in [-0.15, -0.1) is 0 Å². The van der Waals surface area contributed by atoms with Crippen LogP contribution in [0.2, 0.25) is 5.02 Å². The van der Waals surface area contributed by atoms with Gasteiger partial charge in [-0.3, -0.25) is 4.79 Å². The first-order chi connectivity index (χ1) is 16.9. The van der Waals surface area contributed by atoms with Crippen LogP contribution in [0.15, 0.2) is 84.9 Å². The van der Waals surface area contributed by atoms with Gasteiger partial charge < -0.3 is 20.1 Å². The molecule has 2 atom stereocenters.